The Morgan fingerprint density at radius 3 is 2.87 bits per heavy atom. The van der Waals surface area contributed by atoms with Gasteiger partial charge in [-0.2, -0.15) is 5.26 Å². The van der Waals surface area contributed by atoms with E-state index in [1.165, 1.54) is 12.1 Å². The molecule has 2 amide bonds. The molecule has 0 radical (unpaired) electrons. The van der Waals surface area contributed by atoms with Crippen molar-refractivity contribution in [2.75, 3.05) is 13.1 Å². The van der Waals surface area contributed by atoms with Crippen molar-refractivity contribution in [3.8, 4) is 6.07 Å². The molecule has 2 bridgehead atoms. The molecule has 3 heterocycles. The molecule has 0 spiro atoms. The predicted octanol–water partition coefficient (Wildman–Crippen LogP) is 1.01. The monoisotopic (exact) mass is 411 g/mol. The summed E-state index contributed by atoms with van der Waals surface area (Å²) in [5.74, 6) is -0.0152. The fraction of sp³-hybridized carbons (Fsp3) is 0.591. The van der Waals surface area contributed by atoms with Crippen molar-refractivity contribution in [3.63, 3.8) is 0 Å². The van der Waals surface area contributed by atoms with Crippen LogP contribution in [0, 0.1) is 23.1 Å². The number of nitriles is 1. The molecular formula is C22H26FN5O2. The minimum absolute atomic E-state index is 0.0148. The summed E-state index contributed by atoms with van der Waals surface area (Å²) in [5.41, 5.74) is 7.03. The number of rotatable bonds is 5. The van der Waals surface area contributed by atoms with Crippen molar-refractivity contribution in [1.82, 2.24) is 14.7 Å². The molecule has 4 fully saturated rings. The maximum absolute atomic E-state index is 13.6. The molecule has 8 heteroatoms. The molecule has 30 heavy (non-hydrogen) atoms. The lowest BCUT2D eigenvalue weighted by Gasteiger charge is -2.38. The fourth-order valence-corrected chi connectivity index (χ4v) is 5.74. The Balaban J connectivity index is 1.24. The van der Waals surface area contributed by atoms with Crippen LogP contribution in [0.15, 0.2) is 24.3 Å². The standard InChI is InChI=1S/C22H26FN5O2/c1-12(13-3-2-4-15(23)5-13)27-17-8-20(22(27)30)26(10-17)11-18(25)21(29)28-16(9-24)6-14-7-19(14)28/h2-5,12,14,16-20H,6-8,10-11,25H2,1H3/t12-,14?,16-,17?,18-,19-,20+/m0/s1. The number of halogens is 1. The Morgan fingerprint density at radius 2 is 2.17 bits per heavy atom. The lowest BCUT2D eigenvalue weighted by molar-refractivity contribution is -0.141. The number of hydrogen-bond donors (Lipinski definition) is 1. The number of nitrogens with two attached hydrogens (primary N) is 1. The summed E-state index contributed by atoms with van der Waals surface area (Å²) in [6, 6.07) is 7.22. The molecule has 0 aromatic heterocycles. The van der Waals surface area contributed by atoms with Gasteiger partial charge in [-0.15, -0.1) is 0 Å². The van der Waals surface area contributed by atoms with Gasteiger partial charge in [0.2, 0.25) is 11.8 Å². The molecule has 7 nitrogen and oxygen atoms in total. The molecule has 3 saturated heterocycles. The van der Waals surface area contributed by atoms with Gasteiger partial charge >= 0.3 is 0 Å². The molecular weight excluding hydrogens is 385 g/mol. The van der Waals surface area contributed by atoms with Crippen molar-refractivity contribution in [2.45, 2.75) is 62.4 Å². The zero-order valence-corrected chi connectivity index (χ0v) is 16.9. The van der Waals surface area contributed by atoms with Gasteiger partial charge in [0.05, 0.1) is 24.2 Å². The van der Waals surface area contributed by atoms with E-state index in [9.17, 15) is 19.2 Å². The van der Waals surface area contributed by atoms with E-state index in [0.29, 0.717) is 25.4 Å². The Bertz CT molecular complexity index is 932. The molecule has 1 aromatic rings. The van der Waals surface area contributed by atoms with Crippen LogP contribution >= 0.6 is 0 Å². The average molecular weight is 411 g/mol. The van der Waals surface area contributed by atoms with Crippen LogP contribution in [0.5, 0.6) is 0 Å². The molecule has 7 atom stereocenters. The third kappa shape index (κ3) is 2.99. The van der Waals surface area contributed by atoms with Gasteiger partial charge < -0.3 is 15.5 Å². The Kier molecular flexibility index (Phi) is 4.56. The van der Waals surface area contributed by atoms with Gasteiger partial charge in [0.15, 0.2) is 0 Å². The maximum atomic E-state index is 13.6. The van der Waals surface area contributed by atoms with Crippen LogP contribution < -0.4 is 5.73 Å². The highest BCUT2D eigenvalue weighted by molar-refractivity contribution is 5.87. The molecule has 1 aromatic carbocycles. The van der Waals surface area contributed by atoms with E-state index in [2.05, 4.69) is 6.07 Å². The van der Waals surface area contributed by atoms with Crippen LogP contribution in [0.25, 0.3) is 0 Å². The number of benzene rings is 1. The number of hydrogen-bond acceptors (Lipinski definition) is 5. The first-order valence-electron chi connectivity index (χ1n) is 10.7. The molecule has 2 unspecified atom stereocenters. The maximum Gasteiger partial charge on any atom is 0.242 e. The highest BCUT2D eigenvalue weighted by atomic mass is 19.1. The predicted molar refractivity (Wildman–Crippen MR) is 106 cm³/mol. The number of carbonyl (C=O) groups is 2. The van der Waals surface area contributed by atoms with E-state index >= 15 is 0 Å². The van der Waals surface area contributed by atoms with E-state index in [1.54, 1.807) is 11.0 Å². The molecule has 5 rings (SSSR count). The third-order valence-corrected chi connectivity index (χ3v) is 7.32. The Labute approximate surface area is 175 Å². The number of fused-ring (bicyclic) bond motifs is 3. The summed E-state index contributed by atoms with van der Waals surface area (Å²) < 4.78 is 13.6. The van der Waals surface area contributed by atoms with Crippen molar-refractivity contribution in [3.05, 3.63) is 35.6 Å². The third-order valence-electron chi connectivity index (χ3n) is 7.32. The first kappa shape index (κ1) is 19.5. The number of nitrogens with zero attached hydrogens (tertiary/aromatic N) is 4. The number of piperidine rings is 1. The second-order valence-electron chi connectivity index (χ2n) is 9.13. The highest BCUT2D eigenvalue weighted by Crippen LogP contribution is 2.48. The molecule has 1 saturated carbocycles. The molecule has 1 aliphatic carbocycles. The lowest BCUT2D eigenvalue weighted by atomic mass is 10.1. The summed E-state index contributed by atoms with van der Waals surface area (Å²) >= 11 is 0. The van der Waals surface area contributed by atoms with E-state index in [4.69, 9.17) is 5.73 Å². The van der Waals surface area contributed by atoms with Gasteiger partial charge in [-0.1, -0.05) is 12.1 Å². The summed E-state index contributed by atoms with van der Waals surface area (Å²) in [7, 11) is 0. The smallest absolute Gasteiger partial charge is 0.242 e. The molecule has 158 valence electrons. The quantitative estimate of drug-likeness (QED) is 0.781. The highest BCUT2D eigenvalue weighted by Gasteiger charge is 2.56. The van der Waals surface area contributed by atoms with Crippen LogP contribution in [-0.2, 0) is 9.59 Å². The van der Waals surface area contributed by atoms with Crippen molar-refractivity contribution >= 4 is 11.8 Å². The van der Waals surface area contributed by atoms with E-state index in [0.717, 1.165) is 18.4 Å². The number of amides is 2. The van der Waals surface area contributed by atoms with Crippen molar-refractivity contribution < 1.29 is 14.0 Å². The van der Waals surface area contributed by atoms with Crippen LogP contribution in [0.1, 0.15) is 37.8 Å². The van der Waals surface area contributed by atoms with Gasteiger partial charge in [0.1, 0.15) is 11.9 Å². The van der Waals surface area contributed by atoms with Crippen LogP contribution in [0.4, 0.5) is 4.39 Å². The van der Waals surface area contributed by atoms with Crippen LogP contribution in [-0.4, -0.2) is 69.8 Å². The van der Waals surface area contributed by atoms with E-state index in [1.807, 2.05) is 22.8 Å². The van der Waals surface area contributed by atoms with Crippen LogP contribution in [0.3, 0.4) is 0 Å². The van der Waals surface area contributed by atoms with E-state index < -0.39 is 6.04 Å². The number of likely N-dealkylation sites (tertiary alicyclic amines) is 3. The summed E-state index contributed by atoms with van der Waals surface area (Å²) in [6.07, 6.45) is 2.42. The molecule has 3 aliphatic heterocycles. The summed E-state index contributed by atoms with van der Waals surface area (Å²) in [6.45, 7) is 2.90. The topological polar surface area (TPSA) is 93.7 Å². The van der Waals surface area contributed by atoms with Gasteiger partial charge in [-0.3, -0.25) is 14.5 Å². The summed E-state index contributed by atoms with van der Waals surface area (Å²) in [5, 5.41) is 9.33. The Morgan fingerprint density at radius 1 is 1.37 bits per heavy atom. The number of piperazine rings is 1. The second kappa shape index (κ2) is 7.03. The fourth-order valence-electron chi connectivity index (χ4n) is 5.74. The van der Waals surface area contributed by atoms with Gasteiger partial charge in [-0.05, 0) is 49.8 Å². The summed E-state index contributed by atoms with van der Waals surface area (Å²) in [4.78, 5) is 31.5. The van der Waals surface area contributed by atoms with Crippen molar-refractivity contribution in [1.29, 1.82) is 5.26 Å². The first-order chi connectivity index (χ1) is 14.4. The Hall–Kier alpha value is -2.50. The zero-order chi connectivity index (χ0) is 21.2. The van der Waals surface area contributed by atoms with Gasteiger partial charge in [0, 0.05) is 25.2 Å². The van der Waals surface area contributed by atoms with Crippen LogP contribution in [0.2, 0.25) is 0 Å². The second-order valence-corrected chi connectivity index (χ2v) is 9.13. The van der Waals surface area contributed by atoms with Crippen molar-refractivity contribution in [2.24, 2.45) is 11.7 Å². The largest absolute Gasteiger partial charge is 0.330 e. The lowest BCUT2D eigenvalue weighted by Crippen LogP contribution is -2.57. The number of carbonyl (C=O) groups excluding carboxylic acids is 2. The SMILES string of the molecule is C[C@@H](c1cccc(F)c1)N1C(=O)[C@H]2CC1CN2C[C@H](N)C(=O)N1[C@H](C#N)CC2C[C@@H]21. The normalized spacial score (nSPS) is 34.1. The molecule has 2 N–H and O–H groups in total. The zero-order valence-electron chi connectivity index (χ0n) is 16.9. The van der Waals surface area contributed by atoms with E-state index in [-0.39, 0.29) is 47.8 Å². The van der Waals surface area contributed by atoms with Gasteiger partial charge in [0.25, 0.3) is 0 Å². The molecule has 4 aliphatic rings. The minimum Gasteiger partial charge on any atom is -0.330 e. The first-order valence-corrected chi connectivity index (χ1v) is 10.7. The van der Waals surface area contributed by atoms with Gasteiger partial charge in [-0.25, -0.2) is 4.39 Å². The minimum atomic E-state index is -0.735. The average Bonchev–Trinajstić information content (AvgIpc) is 3.06.